The molecule has 1 N–H and O–H groups in total. The number of rotatable bonds is 5. The van der Waals surface area contributed by atoms with Crippen LogP contribution in [0.15, 0.2) is 66.7 Å². The second-order valence-corrected chi connectivity index (χ2v) is 6.41. The van der Waals surface area contributed by atoms with E-state index in [4.69, 9.17) is 4.74 Å². The molecular weight excluding hydrogens is 397 g/mol. The molecule has 3 aromatic rings. The van der Waals surface area contributed by atoms with E-state index in [9.17, 15) is 22.8 Å². The van der Waals surface area contributed by atoms with Gasteiger partial charge in [0.25, 0.3) is 5.91 Å². The highest BCUT2D eigenvalue weighted by Crippen LogP contribution is 2.29. The van der Waals surface area contributed by atoms with Crippen LogP contribution >= 0.6 is 0 Å². The summed E-state index contributed by atoms with van der Waals surface area (Å²) in [7, 11) is 0. The fourth-order valence-electron chi connectivity index (χ4n) is 2.58. The van der Waals surface area contributed by atoms with Crippen LogP contribution in [0.3, 0.4) is 0 Å². The Morgan fingerprint density at radius 1 is 1.03 bits per heavy atom. The molecule has 0 radical (unpaired) electrons. The van der Waals surface area contributed by atoms with Gasteiger partial charge in [-0.25, -0.2) is 9.78 Å². The Labute approximate surface area is 170 Å². The largest absolute Gasteiger partial charge is 0.449 e. The van der Waals surface area contributed by atoms with E-state index in [1.54, 1.807) is 6.07 Å². The number of carbonyl (C=O) groups excluding carboxylic acids is 2. The van der Waals surface area contributed by atoms with E-state index >= 15 is 0 Å². The van der Waals surface area contributed by atoms with Crippen molar-refractivity contribution in [3.05, 3.63) is 78.0 Å². The maximum atomic E-state index is 12.6. The van der Waals surface area contributed by atoms with Gasteiger partial charge in [-0.3, -0.25) is 4.79 Å². The third-order valence-corrected chi connectivity index (χ3v) is 4.15. The lowest BCUT2D eigenvalue weighted by atomic mass is 10.2. The van der Waals surface area contributed by atoms with Crippen molar-refractivity contribution >= 4 is 34.5 Å². The van der Waals surface area contributed by atoms with E-state index < -0.39 is 29.7 Å². The maximum Gasteiger partial charge on any atom is 0.416 e. The third kappa shape index (κ3) is 5.44. The number of hydrogen-bond donors (Lipinski definition) is 1. The Hall–Kier alpha value is -3.68. The van der Waals surface area contributed by atoms with Gasteiger partial charge in [0, 0.05) is 17.1 Å². The van der Waals surface area contributed by atoms with Crippen LogP contribution in [0, 0.1) is 0 Å². The second kappa shape index (κ2) is 8.77. The van der Waals surface area contributed by atoms with Crippen molar-refractivity contribution in [1.82, 2.24) is 4.98 Å². The first kappa shape index (κ1) is 21.0. The molecule has 1 aromatic heterocycles. The van der Waals surface area contributed by atoms with Crippen molar-refractivity contribution in [3.63, 3.8) is 0 Å². The number of esters is 1. The number of benzene rings is 2. The average molecular weight is 414 g/mol. The Kier molecular flexibility index (Phi) is 6.15. The molecule has 0 saturated heterocycles. The minimum Gasteiger partial charge on any atom is -0.449 e. The SMILES string of the molecule is C[C@H](OC(=O)/C=C\c1ccc2ccccc2n1)C(=O)Nc1ccc(C(F)(F)F)cc1. The topological polar surface area (TPSA) is 68.3 Å². The number of carbonyl (C=O) groups is 2. The molecule has 1 heterocycles. The number of halogens is 3. The van der Waals surface area contributed by atoms with E-state index in [0.29, 0.717) is 5.69 Å². The number of para-hydroxylation sites is 1. The number of hydrogen-bond acceptors (Lipinski definition) is 4. The van der Waals surface area contributed by atoms with E-state index in [-0.39, 0.29) is 5.69 Å². The van der Waals surface area contributed by atoms with Gasteiger partial charge in [-0.05, 0) is 49.4 Å². The molecule has 2 aromatic carbocycles. The Morgan fingerprint density at radius 2 is 1.73 bits per heavy atom. The zero-order valence-electron chi connectivity index (χ0n) is 15.8. The number of aromatic nitrogens is 1. The van der Waals surface area contributed by atoms with E-state index in [1.807, 2.05) is 30.3 Å². The summed E-state index contributed by atoms with van der Waals surface area (Å²) in [6, 6.07) is 15.1. The molecule has 0 spiro atoms. The van der Waals surface area contributed by atoms with Gasteiger partial charge < -0.3 is 10.1 Å². The summed E-state index contributed by atoms with van der Waals surface area (Å²) in [6.45, 7) is 1.36. The van der Waals surface area contributed by atoms with Crippen molar-refractivity contribution in [2.45, 2.75) is 19.2 Å². The fourth-order valence-corrected chi connectivity index (χ4v) is 2.58. The molecule has 8 heteroatoms. The van der Waals surface area contributed by atoms with Gasteiger partial charge in [0.15, 0.2) is 6.10 Å². The lowest BCUT2D eigenvalue weighted by molar-refractivity contribution is -0.148. The number of fused-ring (bicyclic) bond motifs is 1. The van der Waals surface area contributed by atoms with Crippen LogP contribution in [0.25, 0.3) is 17.0 Å². The first-order valence-electron chi connectivity index (χ1n) is 8.95. The summed E-state index contributed by atoms with van der Waals surface area (Å²) >= 11 is 0. The van der Waals surface area contributed by atoms with Crippen LogP contribution < -0.4 is 5.32 Å². The molecule has 0 unspecified atom stereocenters. The molecule has 1 amide bonds. The van der Waals surface area contributed by atoms with Gasteiger partial charge in [0.05, 0.1) is 16.8 Å². The normalized spacial score (nSPS) is 12.7. The monoisotopic (exact) mass is 414 g/mol. The van der Waals surface area contributed by atoms with Crippen LogP contribution in [-0.2, 0) is 20.5 Å². The highest BCUT2D eigenvalue weighted by Gasteiger charge is 2.30. The summed E-state index contributed by atoms with van der Waals surface area (Å²) in [6.07, 6.45) is -2.99. The zero-order valence-corrected chi connectivity index (χ0v) is 15.8. The molecule has 154 valence electrons. The Morgan fingerprint density at radius 3 is 2.43 bits per heavy atom. The number of nitrogens with one attached hydrogen (secondary N) is 1. The quantitative estimate of drug-likeness (QED) is 0.479. The van der Waals surface area contributed by atoms with E-state index in [0.717, 1.165) is 41.2 Å². The van der Waals surface area contributed by atoms with Crippen LogP contribution in [0.5, 0.6) is 0 Å². The predicted octanol–water partition coefficient (Wildman–Crippen LogP) is 4.84. The van der Waals surface area contributed by atoms with Crippen molar-refractivity contribution in [2.75, 3.05) is 5.32 Å². The molecule has 1 atom stereocenters. The number of amides is 1. The van der Waals surface area contributed by atoms with Crippen LogP contribution in [-0.4, -0.2) is 23.0 Å². The second-order valence-electron chi connectivity index (χ2n) is 6.41. The minimum atomic E-state index is -4.46. The molecule has 0 bridgehead atoms. The van der Waals surface area contributed by atoms with Gasteiger partial charge in [0.1, 0.15) is 0 Å². The maximum absolute atomic E-state index is 12.6. The van der Waals surface area contributed by atoms with Crippen LogP contribution in [0.2, 0.25) is 0 Å². The molecule has 5 nitrogen and oxygen atoms in total. The number of ether oxygens (including phenoxy) is 1. The standard InChI is InChI=1S/C22H17F3N2O3/c1-14(21(29)27-18-10-7-16(8-11-18)22(23,24)25)30-20(28)13-12-17-9-6-15-4-2-3-5-19(15)26-17/h2-14H,1H3,(H,27,29)/b13-12-/t14-/m0/s1. The van der Waals surface area contributed by atoms with Gasteiger partial charge in [-0.15, -0.1) is 0 Å². The van der Waals surface area contributed by atoms with E-state index in [1.165, 1.54) is 13.0 Å². The van der Waals surface area contributed by atoms with Gasteiger partial charge in [-0.1, -0.05) is 24.3 Å². The van der Waals surface area contributed by atoms with Gasteiger partial charge in [0.2, 0.25) is 0 Å². The van der Waals surface area contributed by atoms with Crippen molar-refractivity contribution in [1.29, 1.82) is 0 Å². The molecule has 0 saturated carbocycles. The van der Waals surface area contributed by atoms with Gasteiger partial charge in [-0.2, -0.15) is 13.2 Å². The molecular formula is C22H17F3N2O3. The Balaban J connectivity index is 1.56. The van der Waals surface area contributed by atoms with Crippen LogP contribution in [0.1, 0.15) is 18.2 Å². The number of alkyl halides is 3. The van der Waals surface area contributed by atoms with E-state index in [2.05, 4.69) is 10.3 Å². The first-order valence-corrected chi connectivity index (χ1v) is 8.95. The molecule has 0 fully saturated rings. The zero-order chi connectivity index (χ0) is 21.7. The number of anilines is 1. The van der Waals surface area contributed by atoms with Gasteiger partial charge >= 0.3 is 12.1 Å². The lowest BCUT2D eigenvalue weighted by Crippen LogP contribution is -2.29. The minimum absolute atomic E-state index is 0.159. The van der Waals surface area contributed by atoms with Crippen molar-refractivity contribution < 1.29 is 27.5 Å². The highest BCUT2D eigenvalue weighted by atomic mass is 19.4. The first-order chi connectivity index (χ1) is 14.2. The molecule has 0 aliphatic heterocycles. The summed E-state index contributed by atoms with van der Waals surface area (Å²) in [5, 5.41) is 3.36. The summed E-state index contributed by atoms with van der Waals surface area (Å²) in [5.41, 5.74) is 0.657. The molecule has 3 rings (SSSR count). The number of pyridine rings is 1. The van der Waals surface area contributed by atoms with Crippen molar-refractivity contribution in [2.24, 2.45) is 0 Å². The Bertz CT molecular complexity index is 1090. The number of nitrogens with zero attached hydrogens (tertiary/aromatic N) is 1. The lowest BCUT2D eigenvalue weighted by Gasteiger charge is -2.13. The molecule has 30 heavy (non-hydrogen) atoms. The third-order valence-electron chi connectivity index (χ3n) is 4.15. The summed E-state index contributed by atoms with van der Waals surface area (Å²) in [4.78, 5) is 28.5. The summed E-state index contributed by atoms with van der Waals surface area (Å²) in [5.74, 6) is -1.42. The predicted molar refractivity (Wildman–Crippen MR) is 106 cm³/mol. The summed E-state index contributed by atoms with van der Waals surface area (Å²) < 4.78 is 42.7. The fraction of sp³-hybridized carbons (Fsp3) is 0.136. The highest BCUT2D eigenvalue weighted by molar-refractivity contribution is 5.96. The molecule has 0 aliphatic rings. The van der Waals surface area contributed by atoms with Crippen LogP contribution in [0.4, 0.5) is 18.9 Å². The average Bonchev–Trinajstić information content (AvgIpc) is 2.71. The smallest absolute Gasteiger partial charge is 0.416 e. The van der Waals surface area contributed by atoms with Crippen molar-refractivity contribution in [3.8, 4) is 0 Å². The molecule has 0 aliphatic carbocycles.